The van der Waals surface area contributed by atoms with E-state index in [0.717, 1.165) is 10.6 Å². The molecule has 1 N–H and O–H groups in total. The minimum atomic E-state index is -0.374. The number of aromatic nitrogens is 2. The van der Waals surface area contributed by atoms with Crippen LogP contribution >= 0.6 is 11.8 Å². The first-order chi connectivity index (χ1) is 5.74. The molecule has 1 rings (SSSR count). The summed E-state index contributed by atoms with van der Waals surface area (Å²) < 4.78 is 0. The van der Waals surface area contributed by atoms with Crippen molar-refractivity contribution < 1.29 is 0 Å². The van der Waals surface area contributed by atoms with Gasteiger partial charge >= 0.3 is 5.69 Å². The highest BCUT2D eigenvalue weighted by Crippen LogP contribution is 2.15. The van der Waals surface area contributed by atoms with Gasteiger partial charge in [-0.1, -0.05) is 11.8 Å². The third-order valence-corrected chi connectivity index (χ3v) is 2.22. The van der Waals surface area contributed by atoms with E-state index >= 15 is 0 Å². The zero-order valence-corrected chi connectivity index (χ0v) is 7.31. The van der Waals surface area contributed by atoms with Crippen molar-refractivity contribution in [1.82, 2.24) is 9.97 Å². The number of hydrogen-bond acceptors (Lipinski definition) is 4. The van der Waals surface area contributed by atoms with Crippen LogP contribution in [0.15, 0.2) is 16.0 Å². The van der Waals surface area contributed by atoms with Gasteiger partial charge in [-0.2, -0.15) is 5.26 Å². The number of nitriles is 1. The summed E-state index contributed by atoms with van der Waals surface area (Å²) in [5, 5.41) is 9.03. The van der Waals surface area contributed by atoms with E-state index in [1.165, 1.54) is 18.0 Å². The molecule has 62 valence electrons. The van der Waals surface area contributed by atoms with E-state index in [-0.39, 0.29) is 5.69 Å². The smallest absolute Gasteiger partial charge is 0.300 e. The first-order valence-electron chi connectivity index (χ1n) is 3.29. The second-order valence-corrected chi connectivity index (χ2v) is 3.13. The lowest BCUT2D eigenvalue weighted by atomic mass is 10.4. The SMILES string of the molecule is Cc1cnc(=O)[nH]c1SCC#N. The molecule has 0 bridgehead atoms. The number of aryl methyl sites for hydroxylation is 1. The highest BCUT2D eigenvalue weighted by molar-refractivity contribution is 7.99. The predicted molar refractivity (Wildman–Crippen MR) is 45.9 cm³/mol. The highest BCUT2D eigenvalue weighted by Gasteiger charge is 1.99. The summed E-state index contributed by atoms with van der Waals surface area (Å²) in [5.41, 5.74) is 0.510. The maximum Gasteiger partial charge on any atom is 0.345 e. The summed E-state index contributed by atoms with van der Waals surface area (Å²) in [6.07, 6.45) is 1.50. The molecule has 4 nitrogen and oxygen atoms in total. The molecule has 0 saturated heterocycles. The molecule has 1 heterocycles. The van der Waals surface area contributed by atoms with Gasteiger partial charge < -0.3 is 4.98 Å². The van der Waals surface area contributed by atoms with Crippen molar-refractivity contribution in [2.24, 2.45) is 0 Å². The van der Waals surface area contributed by atoms with E-state index in [4.69, 9.17) is 5.26 Å². The van der Waals surface area contributed by atoms with Gasteiger partial charge in [-0.15, -0.1) is 0 Å². The van der Waals surface area contributed by atoms with Gasteiger partial charge in [-0.05, 0) is 12.5 Å². The summed E-state index contributed by atoms with van der Waals surface area (Å²) in [4.78, 5) is 16.8. The summed E-state index contributed by atoms with van der Waals surface area (Å²) in [6, 6.07) is 1.98. The van der Waals surface area contributed by atoms with Gasteiger partial charge in [-0.3, -0.25) is 0 Å². The number of thioether (sulfide) groups is 1. The molecular formula is C7H7N3OS. The fourth-order valence-corrected chi connectivity index (χ4v) is 1.35. The molecule has 0 aliphatic heterocycles. The van der Waals surface area contributed by atoms with Crippen molar-refractivity contribution in [1.29, 1.82) is 5.26 Å². The van der Waals surface area contributed by atoms with Crippen LogP contribution in [-0.4, -0.2) is 15.7 Å². The number of H-pyrrole nitrogens is 1. The number of aromatic amines is 1. The first-order valence-corrected chi connectivity index (χ1v) is 4.28. The molecule has 0 amide bonds. The summed E-state index contributed by atoms with van der Waals surface area (Å²) in [6.45, 7) is 1.84. The Hall–Kier alpha value is -1.28. The number of nitrogens with zero attached hydrogens (tertiary/aromatic N) is 2. The van der Waals surface area contributed by atoms with E-state index < -0.39 is 0 Å². The fraction of sp³-hybridized carbons (Fsp3) is 0.286. The van der Waals surface area contributed by atoms with Crippen LogP contribution in [0.5, 0.6) is 0 Å². The second-order valence-electron chi connectivity index (χ2n) is 2.15. The molecule has 12 heavy (non-hydrogen) atoms. The van der Waals surface area contributed by atoms with Crippen LogP contribution in [0.4, 0.5) is 0 Å². The zero-order chi connectivity index (χ0) is 8.97. The van der Waals surface area contributed by atoms with Gasteiger partial charge in [0.05, 0.1) is 16.8 Å². The van der Waals surface area contributed by atoms with Crippen LogP contribution in [0.3, 0.4) is 0 Å². The number of rotatable bonds is 2. The quantitative estimate of drug-likeness (QED) is 0.538. The molecule has 0 fully saturated rings. The van der Waals surface area contributed by atoms with Crippen molar-refractivity contribution in [2.75, 3.05) is 5.75 Å². The molecule has 1 aromatic rings. The third-order valence-electron chi connectivity index (χ3n) is 1.24. The predicted octanol–water partition coefficient (Wildman–Crippen LogP) is 0.694. The Balaban J connectivity index is 2.91. The maximum atomic E-state index is 10.7. The maximum absolute atomic E-state index is 10.7. The third kappa shape index (κ3) is 2.10. The normalized spacial score (nSPS) is 9.33. The molecule has 0 saturated carbocycles. The minimum absolute atomic E-state index is 0.334. The molecule has 5 heteroatoms. The van der Waals surface area contributed by atoms with Crippen LogP contribution in [-0.2, 0) is 0 Å². The van der Waals surface area contributed by atoms with Crippen LogP contribution < -0.4 is 5.69 Å². The lowest BCUT2D eigenvalue weighted by Gasteiger charge is -1.99. The molecule has 1 aromatic heterocycles. The van der Waals surface area contributed by atoms with Gasteiger partial charge in [0.1, 0.15) is 0 Å². The second kappa shape index (κ2) is 3.93. The van der Waals surface area contributed by atoms with E-state index in [0.29, 0.717) is 5.75 Å². The lowest BCUT2D eigenvalue weighted by molar-refractivity contribution is 0.947. The summed E-state index contributed by atoms with van der Waals surface area (Å²) in [5.74, 6) is 0.334. The molecule has 0 aromatic carbocycles. The number of hydrogen-bond donors (Lipinski definition) is 1. The first kappa shape index (κ1) is 8.81. The van der Waals surface area contributed by atoms with E-state index in [9.17, 15) is 4.79 Å². The average Bonchev–Trinajstić information content (AvgIpc) is 2.07. The monoisotopic (exact) mass is 181 g/mol. The Labute approximate surface area is 73.6 Å². The van der Waals surface area contributed by atoms with E-state index in [2.05, 4.69) is 9.97 Å². The Morgan fingerprint density at radius 1 is 1.83 bits per heavy atom. The van der Waals surface area contributed by atoms with E-state index in [1.807, 2.05) is 13.0 Å². The largest absolute Gasteiger partial charge is 0.345 e. The van der Waals surface area contributed by atoms with Crippen molar-refractivity contribution in [3.63, 3.8) is 0 Å². The van der Waals surface area contributed by atoms with Crippen LogP contribution in [0.1, 0.15) is 5.56 Å². The number of nitrogens with one attached hydrogen (secondary N) is 1. The van der Waals surface area contributed by atoms with Crippen LogP contribution in [0, 0.1) is 18.3 Å². The fourth-order valence-electron chi connectivity index (χ4n) is 0.696. The Morgan fingerprint density at radius 2 is 2.58 bits per heavy atom. The average molecular weight is 181 g/mol. The van der Waals surface area contributed by atoms with Gasteiger partial charge in [0.2, 0.25) is 0 Å². The molecule has 0 aliphatic carbocycles. The van der Waals surface area contributed by atoms with Crippen LogP contribution in [0.2, 0.25) is 0 Å². The molecule has 0 radical (unpaired) electrons. The van der Waals surface area contributed by atoms with E-state index in [1.54, 1.807) is 0 Å². The standard InChI is InChI=1S/C7H7N3OS/c1-5-4-9-7(11)10-6(5)12-3-2-8/h4H,3H2,1H3,(H,9,10,11). The van der Waals surface area contributed by atoms with Crippen molar-refractivity contribution in [2.45, 2.75) is 11.9 Å². The van der Waals surface area contributed by atoms with Crippen molar-refractivity contribution >= 4 is 11.8 Å². The summed E-state index contributed by atoms with van der Waals surface area (Å²) in [7, 11) is 0. The van der Waals surface area contributed by atoms with Crippen molar-refractivity contribution in [3.05, 3.63) is 22.2 Å². The highest BCUT2D eigenvalue weighted by atomic mass is 32.2. The van der Waals surface area contributed by atoms with Crippen molar-refractivity contribution in [3.8, 4) is 6.07 Å². The molecular weight excluding hydrogens is 174 g/mol. The summed E-state index contributed by atoms with van der Waals surface area (Å²) >= 11 is 1.30. The molecule has 0 unspecified atom stereocenters. The zero-order valence-electron chi connectivity index (χ0n) is 6.50. The van der Waals surface area contributed by atoms with Gasteiger partial charge in [0.25, 0.3) is 0 Å². The van der Waals surface area contributed by atoms with Gasteiger partial charge in [0.15, 0.2) is 0 Å². The topological polar surface area (TPSA) is 69.5 Å². The Morgan fingerprint density at radius 3 is 3.25 bits per heavy atom. The lowest BCUT2D eigenvalue weighted by Crippen LogP contribution is -2.10. The minimum Gasteiger partial charge on any atom is -0.300 e. The molecule has 0 aliphatic rings. The molecule has 0 spiro atoms. The Kier molecular flexibility index (Phi) is 2.88. The Bertz CT molecular complexity index is 366. The van der Waals surface area contributed by atoms with Crippen LogP contribution in [0.25, 0.3) is 0 Å². The molecule has 0 atom stereocenters. The van der Waals surface area contributed by atoms with Gasteiger partial charge in [-0.25, -0.2) is 9.78 Å². The van der Waals surface area contributed by atoms with Gasteiger partial charge in [0, 0.05) is 6.20 Å².